The fourth-order valence-corrected chi connectivity index (χ4v) is 3.98. The molecule has 0 bridgehead atoms. The van der Waals surface area contributed by atoms with Gasteiger partial charge >= 0.3 is 6.16 Å². The second-order valence-corrected chi connectivity index (χ2v) is 8.02. The summed E-state index contributed by atoms with van der Waals surface area (Å²) >= 11 is 0. The lowest BCUT2D eigenvalue weighted by Gasteiger charge is -2.44. The molecule has 0 aromatic rings. The molecule has 1 saturated carbocycles. The number of aliphatic hydroxyl groups excluding tert-OH is 1. The third-order valence-electron chi connectivity index (χ3n) is 6.05. The molecule has 0 saturated heterocycles. The van der Waals surface area contributed by atoms with Crippen molar-refractivity contribution in [2.45, 2.75) is 46.6 Å². The largest absolute Gasteiger partial charge is 0.508 e. The highest BCUT2D eigenvalue weighted by Gasteiger charge is 2.54. The first-order valence-corrected chi connectivity index (χ1v) is 9.02. The first kappa shape index (κ1) is 21.1. The van der Waals surface area contributed by atoms with Gasteiger partial charge in [0.25, 0.3) is 0 Å². The van der Waals surface area contributed by atoms with Gasteiger partial charge in [-0.3, -0.25) is 9.59 Å². The molecule has 1 fully saturated rings. The zero-order valence-electron chi connectivity index (χ0n) is 16.6. The number of ketones is 2. The smallest absolute Gasteiger partial charge is 0.438 e. The van der Waals surface area contributed by atoms with Crippen LogP contribution in [0, 0.1) is 16.7 Å². The first-order chi connectivity index (χ1) is 12.5. The zero-order chi connectivity index (χ0) is 20.6. The van der Waals surface area contributed by atoms with E-state index in [4.69, 9.17) is 4.74 Å². The zero-order valence-corrected chi connectivity index (χ0v) is 16.6. The minimum absolute atomic E-state index is 0.122. The average molecular weight is 376 g/mol. The summed E-state index contributed by atoms with van der Waals surface area (Å²) in [7, 11) is 1.18. The van der Waals surface area contributed by atoms with Crippen LogP contribution in [0.25, 0.3) is 0 Å². The highest BCUT2D eigenvalue weighted by molar-refractivity contribution is 6.04. The Balaban J connectivity index is 2.53. The fraction of sp³-hybridized carbons (Fsp3) is 0.571. The van der Waals surface area contributed by atoms with E-state index in [0.717, 1.165) is 11.1 Å². The Morgan fingerprint density at radius 2 is 1.93 bits per heavy atom. The summed E-state index contributed by atoms with van der Waals surface area (Å²) in [5, 5.41) is 9.98. The van der Waals surface area contributed by atoms with Crippen LogP contribution in [0.2, 0.25) is 0 Å². The summed E-state index contributed by atoms with van der Waals surface area (Å²) in [6.07, 6.45) is 2.12. The van der Waals surface area contributed by atoms with Crippen LogP contribution in [0.1, 0.15) is 40.5 Å². The predicted molar refractivity (Wildman–Crippen MR) is 100.0 cm³/mol. The SMILES string of the molecule is C=C1C(C)=CC=C(C(=O)[C@@H]2[C@@H](OC(=O)OC)CCC(=O)[C@@]2(C)CO)C1(C)C. The van der Waals surface area contributed by atoms with E-state index in [1.807, 2.05) is 26.8 Å². The number of rotatable bonds is 4. The highest BCUT2D eigenvalue weighted by Crippen LogP contribution is 2.47. The number of methoxy groups -OCH3 is 1. The number of allylic oxidation sites excluding steroid dienone is 5. The molecule has 2 aliphatic carbocycles. The summed E-state index contributed by atoms with van der Waals surface area (Å²) in [5.41, 5.74) is 0.302. The Hall–Kier alpha value is -2.21. The minimum atomic E-state index is -1.33. The molecule has 1 N–H and O–H groups in total. The molecule has 0 aromatic carbocycles. The topological polar surface area (TPSA) is 89.9 Å². The summed E-state index contributed by atoms with van der Waals surface area (Å²) in [4.78, 5) is 37.9. The van der Waals surface area contributed by atoms with E-state index in [0.29, 0.717) is 5.57 Å². The quantitative estimate of drug-likeness (QED) is 0.758. The average Bonchev–Trinajstić information content (AvgIpc) is 2.62. The molecule has 0 amide bonds. The van der Waals surface area contributed by atoms with Crippen LogP contribution in [0.15, 0.2) is 35.5 Å². The predicted octanol–water partition coefficient (Wildman–Crippen LogP) is 3.15. The van der Waals surface area contributed by atoms with Crippen LogP contribution < -0.4 is 0 Å². The molecule has 2 aliphatic rings. The molecule has 6 heteroatoms. The van der Waals surface area contributed by atoms with Crippen molar-refractivity contribution >= 4 is 17.7 Å². The molecule has 0 heterocycles. The molecule has 3 atom stereocenters. The van der Waals surface area contributed by atoms with Crippen molar-refractivity contribution in [2.24, 2.45) is 16.7 Å². The van der Waals surface area contributed by atoms with Crippen LogP contribution in [0.5, 0.6) is 0 Å². The monoisotopic (exact) mass is 376 g/mol. The van der Waals surface area contributed by atoms with E-state index in [1.165, 1.54) is 7.11 Å². The Morgan fingerprint density at radius 1 is 1.30 bits per heavy atom. The summed E-state index contributed by atoms with van der Waals surface area (Å²) in [5.74, 6) is -1.52. The number of carbonyl (C=O) groups is 3. The molecule has 0 radical (unpaired) electrons. The van der Waals surface area contributed by atoms with Crippen molar-refractivity contribution < 1.29 is 29.0 Å². The second-order valence-electron chi connectivity index (χ2n) is 8.02. The van der Waals surface area contributed by atoms with Gasteiger partial charge in [0.1, 0.15) is 11.9 Å². The lowest BCUT2D eigenvalue weighted by atomic mass is 9.60. The van der Waals surface area contributed by atoms with Gasteiger partial charge in [-0.25, -0.2) is 4.79 Å². The number of hydrogen-bond acceptors (Lipinski definition) is 6. The molecule has 0 aliphatic heterocycles. The standard InChI is InChI=1S/C21H28O6/c1-12-7-8-14(20(3,4)13(12)2)18(24)17-15(27-19(25)26-6)9-10-16(23)21(17,5)11-22/h7-8,15,17,22H,2,9-11H2,1,3-6H3/t15-,17-,21+/m0/s1. The van der Waals surface area contributed by atoms with Crippen LogP contribution in [-0.4, -0.2) is 42.6 Å². The van der Waals surface area contributed by atoms with Gasteiger partial charge in [-0.15, -0.1) is 0 Å². The van der Waals surface area contributed by atoms with E-state index in [9.17, 15) is 19.5 Å². The Bertz CT molecular complexity index is 742. The van der Waals surface area contributed by atoms with Crippen molar-refractivity contribution in [2.75, 3.05) is 13.7 Å². The van der Waals surface area contributed by atoms with Crippen LogP contribution in [0.4, 0.5) is 4.79 Å². The summed E-state index contributed by atoms with van der Waals surface area (Å²) in [6, 6.07) is 0. The molecule has 0 aromatic heterocycles. The van der Waals surface area contributed by atoms with Crippen molar-refractivity contribution in [1.82, 2.24) is 0 Å². The lowest BCUT2D eigenvalue weighted by Crippen LogP contribution is -2.54. The number of aliphatic hydroxyl groups is 1. The number of carbonyl (C=O) groups excluding carboxylic acids is 3. The molecular weight excluding hydrogens is 348 g/mol. The third-order valence-corrected chi connectivity index (χ3v) is 6.05. The van der Waals surface area contributed by atoms with Gasteiger partial charge in [0.15, 0.2) is 5.78 Å². The van der Waals surface area contributed by atoms with Crippen LogP contribution in [-0.2, 0) is 19.1 Å². The molecule has 27 heavy (non-hydrogen) atoms. The molecular formula is C21H28O6. The lowest BCUT2D eigenvalue weighted by molar-refractivity contribution is -0.154. The molecule has 0 spiro atoms. The van der Waals surface area contributed by atoms with E-state index in [-0.39, 0.29) is 24.4 Å². The molecule has 0 unspecified atom stereocenters. The highest BCUT2D eigenvalue weighted by atomic mass is 16.7. The van der Waals surface area contributed by atoms with Crippen LogP contribution in [0.3, 0.4) is 0 Å². The Morgan fingerprint density at radius 3 is 2.48 bits per heavy atom. The summed E-state index contributed by atoms with van der Waals surface area (Å²) < 4.78 is 9.89. The number of Topliss-reactive ketones (excluding diaryl/α,β-unsaturated/α-hetero) is 2. The van der Waals surface area contributed by atoms with Gasteiger partial charge in [-0.05, 0) is 31.4 Å². The van der Waals surface area contributed by atoms with E-state index < -0.39 is 35.6 Å². The molecule has 148 valence electrons. The molecule has 6 nitrogen and oxygen atoms in total. The van der Waals surface area contributed by atoms with Gasteiger partial charge < -0.3 is 14.6 Å². The maximum Gasteiger partial charge on any atom is 0.508 e. The number of ether oxygens (including phenoxy) is 2. The van der Waals surface area contributed by atoms with E-state index >= 15 is 0 Å². The third kappa shape index (κ3) is 3.50. The minimum Gasteiger partial charge on any atom is -0.438 e. The fourth-order valence-electron chi connectivity index (χ4n) is 3.98. The van der Waals surface area contributed by atoms with Gasteiger partial charge in [0.05, 0.1) is 25.0 Å². The van der Waals surface area contributed by atoms with Crippen LogP contribution >= 0.6 is 0 Å². The summed E-state index contributed by atoms with van der Waals surface area (Å²) in [6.45, 7) is 10.9. The maximum absolute atomic E-state index is 13.6. The second kappa shape index (κ2) is 7.43. The van der Waals surface area contributed by atoms with Gasteiger partial charge in [0, 0.05) is 17.4 Å². The van der Waals surface area contributed by atoms with Crippen molar-refractivity contribution in [3.05, 3.63) is 35.5 Å². The van der Waals surface area contributed by atoms with Crippen molar-refractivity contribution in [3.8, 4) is 0 Å². The van der Waals surface area contributed by atoms with E-state index in [2.05, 4.69) is 11.3 Å². The van der Waals surface area contributed by atoms with Crippen molar-refractivity contribution in [1.29, 1.82) is 0 Å². The van der Waals surface area contributed by atoms with Crippen molar-refractivity contribution in [3.63, 3.8) is 0 Å². The van der Waals surface area contributed by atoms with Gasteiger partial charge in [-0.2, -0.15) is 0 Å². The maximum atomic E-state index is 13.6. The van der Waals surface area contributed by atoms with Gasteiger partial charge in [-0.1, -0.05) is 32.6 Å². The number of hydrogen-bond donors (Lipinski definition) is 1. The molecule has 2 rings (SSSR count). The first-order valence-electron chi connectivity index (χ1n) is 9.02. The van der Waals surface area contributed by atoms with E-state index in [1.54, 1.807) is 13.0 Å². The Kier molecular flexibility index (Phi) is 5.80. The van der Waals surface area contributed by atoms with Gasteiger partial charge in [0.2, 0.25) is 0 Å². The Labute approximate surface area is 159 Å². The normalized spacial score (nSPS) is 30.3.